The van der Waals surface area contributed by atoms with Crippen molar-refractivity contribution in [3.05, 3.63) is 35.1 Å². The molecule has 2 heterocycles. The van der Waals surface area contributed by atoms with Gasteiger partial charge in [0, 0.05) is 5.39 Å². The van der Waals surface area contributed by atoms with Gasteiger partial charge in [-0.25, -0.2) is 0 Å². The highest BCUT2D eigenvalue weighted by molar-refractivity contribution is 5.82. The van der Waals surface area contributed by atoms with E-state index < -0.39 is 0 Å². The smallest absolute Gasteiger partial charge is 0.134 e. The van der Waals surface area contributed by atoms with Gasteiger partial charge in [-0.1, -0.05) is 6.07 Å². The summed E-state index contributed by atoms with van der Waals surface area (Å²) in [7, 11) is 0. The molecule has 3 rings (SSSR count). The monoisotopic (exact) mass is 229 g/mol. The lowest BCUT2D eigenvalue weighted by atomic mass is 9.97. The second kappa shape index (κ2) is 4.19. The van der Waals surface area contributed by atoms with E-state index in [-0.39, 0.29) is 0 Å². The van der Waals surface area contributed by atoms with Gasteiger partial charge in [0.2, 0.25) is 0 Å². The first-order valence-corrected chi connectivity index (χ1v) is 6.43. The summed E-state index contributed by atoms with van der Waals surface area (Å²) >= 11 is 0. The third-order valence-corrected chi connectivity index (χ3v) is 3.93. The molecule has 1 aliphatic rings. The fourth-order valence-corrected chi connectivity index (χ4v) is 2.74. The van der Waals surface area contributed by atoms with E-state index >= 15 is 0 Å². The van der Waals surface area contributed by atoms with Crippen LogP contribution in [-0.4, -0.2) is 13.1 Å². The van der Waals surface area contributed by atoms with E-state index in [0.717, 1.165) is 17.3 Å². The van der Waals surface area contributed by atoms with Crippen LogP contribution in [0.3, 0.4) is 0 Å². The number of nitrogens with one attached hydrogen (secondary N) is 1. The minimum atomic E-state index is 0.806. The summed E-state index contributed by atoms with van der Waals surface area (Å²) in [5, 5.41) is 4.71. The van der Waals surface area contributed by atoms with Crippen molar-refractivity contribution in [1.29, 1.82) is 0 Å². The molecule has 1 aromatic carbocycles. The molecule has 0 amide bonds. The quantitative estimate of drug-likeness (QED) is 0.855. The maximum Gasteiger partial charge on any atom is 0.134 e. The van der Waals surface area contributed by atoms with E-state index in [9.17, 15) is 0 Å². The van der Waals surface area contributed by atoms with Gasteiger partial charge in [0.25, 0.3) is 0 Å². The first kappa shape index (κ1) is 10.8. The summed E-state index contributed by atoms with van der Waals surface area (Å²) in [6.07, 6.45) is 2.49. The van der Waals surface area contributed by atoms with Gasteiger partial charge in [0.1, 0.15) is 11.3 Å². The van der Waals surface area contributed by atoms with Crippen LogP contribution in [0.5, 0.6) is 0 Å². The Hall–Kier alpha value is -1.28. The summed E-state index contributed by atoms with van der Waals surface area (Å²) in [5.74, 6) is 1.85. The van der Waals surface area contributed by atoms with Crippen molar-refractivity contribution in [2.45, 2.75) is 26.7 Å². The molecule has 0 aliphatic carbocycles. The van der Waals surface area contributed by atoms with Crippen LogP contribution in [0.1, 0.15) is 23.3 Å². The normalized spacial score (nSPS) is 20.2. The van der Waals surface area contributed by atoms with Crippen LogP contribution in [0.2, 0.25) is 0 Å². The Morgan fingerprint density at radius 1 is 1.35 bits per heavy atom. The van der Waals surface area contributed by atoms with E-state index in [2.05, 4.69) is 30.4 Å². The fraction of sp³-hybridized carbons (Fsp3) is 0.467. The number of fused-ring (bicyclic) bond motifs is 1. The molecule has 2 aromatic rings. The molecule has 17 heavy (non-hydrogen) atoms. The Morgan fingerprint density at radius 3 is 3.00 bits per heavy atom. The van der Waals surface area contributed by atoms with Crippen LogP contribution < -0.4 is 5.32 Å². The van der Waals surface area contributed by atoms with E-state index in [4.69, 9.17) is 4.42 Å². The van der Waals surface area contributed by atoms with Crippen LogP contribution in [0, 0.1) is 19.8 Å². The third-order valence-electron chi connectivity index (χ3n) is 3.93. The second-order valence-electron chi connectivity index (χ2n) is 5.18. The Labute approximate surface area is 102 Å². The topological polar surface area (TPSA) is 25.2 Å². The Bertz CT molecular complexity index is 535. The number of hydrogen-bond donors (Lipinski definition) is 1. The molecular formula is C15H19NO. The zero-order chi connectivity index (χ0) is 11.8. The molecule has 0 spiro atoms. The van der Waals surface area contributed by atoms with Gasteiger partial charge in [-0.05, 0) is 69.0 Å². The highest BCUT2D eigenvalue weighted by Crippen LogP contribution is 2.27. The molecule has 2 nitrogen and oxygen atoms in total. The van der Waals surface area contributed by atoms with Gasteiger partial charge >= 0.3 is 0 Å². The van der Waals surface area contributed by atoms with E-state index in [0.29, 0.717) is 0 Å². The number of furan rings is 1. The molecule has 0 radical (unpaired) electrons. The van der Waals surface area contributed by atoms with Crippen molar-refractivity contribution >= 4 is 11.0 Å². The van der Waals surface area contributed by atoms with Gasteiger partial charge in [0.05, 0.1) is 0 Å². The van der Waals surface area contributed by atoms with Crippen molar-refractivity contribution in [3.63, 3.8) is 0 Å². The summed E-state index contributed by atoms with van der Waals surface area (Å²) < 4.78 is 5.71. The zero-order valence-corrected chi connectivity index (χ0v) is 10.5. The van der Waals surface area contributed by atoms with Crippen molar-refractivity contribution < 1.29 is 4.42 Å². The van der Waals surface area contributed by atoms with Gasteiger partial charge < -0.3 is 9.73 Å². The van der Waals surface area contributed by atoms with Gasteiger partial charge in [-0.3, -0.25) is 0 Å². The standard InChI is InChI=1S/C15H19NO/c1-10-11(2)17-15-4-3-12(8-14(10)15)7-13-5-6-16-9-13/h3-4,8,13,16H,5-7,9H2,1-2H3. The van der Waals surface area contributed by atoms with E-state index in [1.54, 1.807) is 0 Å². The highest BCUT2D eigenvalue weighted by atomic mass is 16.3. The van der Waals surface area contributed by atoms with Crippen molar-refractivity contribution in [1.82, 2.24) is 5.32 Å². The number of benzene rings is 1. The van der Waals surface area contributed by atoms with Crippen LogP contribution in [0.25, 0.3) is 11.0 Å². The van der Waals surface area contributed by atoms with Gasteiger partial charge in [-0.15, -0.1) is 0 Å². The van der Waals surface area contributed by atoms with Gasteiger partial charge in [0.15, 0.2) is 0 Å². The summed E-state index contributed by atoms with van der Waals surface area (Å²) in [6, 6.07) is 6.63. The van der Waals surface area contributed by atoms with Crippen molar-refractivity contribution in [2.24, 2.45) is 5.92 Å². The molecule has 1 aliphatic heterocycles. The number of rotatable bonds is 2. The van der Waals surface area contributed by atoms with Crippen LogP contribution in [0.15, 0.2) is 22.6 Å². The predicted molar refractivity (Wildman–Crippen MR) is 70.4 cm³/mol. The average molecular weight is 229 g/mol. The SMILES string of the molecule is Cc1oc2ccc(CC3CCNC3)cc2c1C. The van der Waals surface area contributed by atoms with Crippen LogP contribution >= 0.6 is 0 Å². The lowest BCUT2D eigenvalue weighted by molar-refractivity contribution is 0.573. The minimum absolute atomic E-state index is 0.806. The van der Waals surface area contributed by atoms with Crippen molar-refractivity contribution in [2.75, 3.05) is 13.1 Å². The van der Waals surface area contributed by atoms with E-state index in [1.807, 2.05) is 6.92 Å². The molecule has 1 N–H and O–H groups in total. The molecule has 0 saturated carbocycles. The summed E-state index contributed by atoms with van der Waals surface area (Å²) in [6.45, 7) is 6.52. The van der Waals surface area contributed by atoms with E-state index in [1.165, 1.54) is 42.4 Å². The molecule has 90 valence electrons. The zero-order valence-electron chi connectivity index (χ0n) is 10.5. The van der Waals surface area contributed by atoms with Gasteiger partial charge in [-0.2, -0.15) is 0 Å². The molecular weight excluding hydrogens is 210 g/mol. The first-order valence-electron chi connectivity index (χ1n) is 6.43. The maximum atomic E-state index is 5.71. The number of aryl methyl sites for hydroxylation is 2. The third kappa shape index (κ3) is 1.98. The molecule has 1 unspecified atom stereocenters. The predicted octanol–water partition coefficient (Wildman–Crippen LogP) is 3.20. The van der Waals surface area contributed by atoms with Crippen molar-refractivity contribution in [3.8, 4) is 0 Å². The maximum absolute atomic E-state index is 5.71. The Balaban J connectivity index is 1.92. The first-order chi connectivity index (χ1) is 8.24. The Morgan fingerprint density at radius 2 is 2.24 bits per heavy atom. The molecule has 0 bridgehead atoms. The number of hydrogen-bond acceptors (Lipinski definition) is 2. The second-order valence-corrected chi connectivity index (χ2v) is 5.18. The van der Waals surface area contributed by atoms with Crippen LogP contribution in [-0.2, 0) is 6.42 Å². The summed E-state index contributed by atoms with van der Waals surface area (Å²) in [4.78, 5) is 0. The largest absolute Gasteiger partial charge is 0.461 e. The Kier molecular flexibility index (Phi) is 2.67. The molecule has 1 saturated heterocycles. The molecule has 1 aromatic heterocycles. The highest BCUT2D eigenvalue weighted by Gasteiger charge is 2.15. The fourth-order valence-electron chi connectivity index (χ4n) is 2.74. The minimum Gasteiger partial charge on any atom is -0.461 e. The molecule has 1 atom stereocenters. The lowest BCUT2D eigenvalue weighted by Gasteiger charge is -2.07. The van der Waals surface area contributed by atoms with Crippen LogP contribution in [0.4, 0.5) is 0 Å². The lowest BCUT2D eigenvalue weighted by Crippen LogP contribution is -2.10. The molecule has 2 heteroatoms. The average Bonchev–Trinajstić information content (AvgIpc) is 2.91. The summed E-state index contributed by atoms with van der Waals surface area (Å²) in [5.41, 5.74) is 3.75. The molecule has 1 fully saturated rings.